The lowest BCUT2D eigenvalue weighted by Gasteiger charge is -2.33. The first-order valence-corrected chi connectivity index (χ1v) is 8.50. The van der Waals surface area contributed by atoms with Crippen molar-refractivity contribution in [3.63, 3.8) is 0 Å². The lowest BCUT2D eigenvalue weighted by Crippen LogP contribution is -2.38. The highest BCUT2D eigenvalue weighted by molar-refractivity contribution is 5.79. The van der Waals surface area contributed by atoms with Crippen LogP contribution in [0.5, 0.6) is 0 Å². The van der Waals surface area contributed by atoms with Crippen molar-refractivity contribution in [2.24, 2.45) is 5.92 Å². The number of amides is 1. The van der Waals surface area contributed by atoms with Gasteiger partial charge in [-0.1, -0.05) is 62.9 Å². The molecule has 2 atom stereocenters. The number of aryl methyl sites for hydroxylation is 1. The molecule has 0 aromatic heterocycles. The summed E-state index contributed by atoms with van der Waals surface area (Å²) in [4.78, 5) is 15.0. The Balaban J connectivity index is 2.23. The molecule has 21 heavy (non-hydrogen) atoms. The van der Waals surface area contributed by atoms with Gasteiger partial charge >= 0.3 is 0 Å². The molecular weight excluding hydrogens is 258 g/mol. The van der Waals surface area contributed by atoms with Crippen LogP contribution in [0.3, 0.4) is 0 Å². The predicted octanol–water partition coefficient (Wildman–Crippen LogP) is 4.87. The standard InChI is InChI=1S/C19H29NO/c1-4-9-16(3)19(21)20-13-7-5-6-12-18(20)17-11-8-10-15(2)14-17/h8,10-11,14,16,18H,4-7,9,12-13H2,1-3H3. The maximum atomic E-state index is 12.8. The Morgan fingerprint density at radius 3 is 2.86 bits per heavy atom. The van der Waals surface area contributed by atoms with Crippen LogP contribution in [0.2, 0.25) is 0 Å². The van der Waals surface area contributed by atoms with Crippen LogP contribution < -0.4 is 0 Å². The lowest BCUT2D eigenvalue weighted by atomic mass is 9.97. The molecule has 0 saturated carbocycles. The van der Waals surface area contributed by atoms with Gasteiger partial charge in [-0.25, -0.2) is 0 Å². The number of hydrogen-bond donors (Lipinski definition) is 0. The summed E-state index contributed by atoms with van der Waals surface area (Å²) in [6.07, 6.45) is 6.80. The SMILES string of the molecule is CCCC(C)C(=O)N1CCCCCC1c1cccc(C)c1. The molecule has 2 unspecified atom stereocenters. The van der Waals surface area contributed by atoms with E-state index in [1.54, 1.807) is 0 Å². The van der Waals surface area contributed by atoms with Crippen molar-refractivity contribution in [2.75, 3.05) is 6.54 Å². The molecule has 1 amide bonds. The molecular formula is C19H29NO. The van der Waals surface area contributed by atoms with Gasteiger partial charge in [0.1, 0.15) is 0 Å². The zero-order valence-electron chi connectivity index (χ0n) is 13.8. The highest BCUT2D eigenvalue weighted by Gasteiger charge is 2.29. The smallest absolute Gasteiger partial charge is 0.225 e. The molecule has 0 bridgehead atoms. The lowest BCUT2D eigenvalue weighted by molar-refractivity contribution is -0.137. The first kappa shape index (κ1) is 16.1. The highest BCUT2D eigenvalue weighted by atomic mass is 16.2. The van der Waals surface area contributed by atoms with Gasteiger partial charge in [0.25, 0.3) is 0 Å². The molecule has 1 saturated heterocycles. The predicted molar refractivity (Wildman–Crippen MR) is 88.2 cm³/mol. The summed E-state index contributed by atoms with van der Waals surface area (Å²) in [5.41, 5.74) is 2.60. The Labute approximate surface area is 129 Å². The van der Waals surface area contributed by atoms with Crippen molar-refractivity contribution in [1.82, 2.24) is 4.90 Å². The van der Waals surface area contributed by atoms with Crippen molar-refractivity contribution in [3.05, 3.63) is 35.4 Å². The van der Waals surface area contributed by atoms with Crippen LogP contribution in [0, 0.1) is 12.8 Å². The van der Waals surface area contributed by atoms with Gasteiger partial charge in [-0.3, -0.25) is 4.79 Å². The third kappa shape index (κ3) is 4.09. The molecule has 2 nitrogen and oxygen atoms in total. The number of hydrogen-bond acceptors (Lipinski definition) is 1. The Hall–Kier alpha value is -1.31. The van der Waals surface area contributed by atoms with E-state index in [1.807, 2.05) is 0 Å². The van der Waals surface area contributed by atoms with Gasteiger partial charge in [0.2, 0.25) is 5.91 Å². The number of benzene rings is 1. The van der Waals surface area contributed by atoms with Crippen molar-refractivity contribution >= 4 is 5.91 Å². The average Bonchev–Trinajstić information content (AvgIpc) is 2.72. The van der Waals surface area contributed by atoms with Crippen LogP contribution in [0.4, 0.5) is 0 Å². The summed E-state index contributed by atoms with van der Waals surface area (Å²) in [6.45, 7) is 7.30. The van der Waals surface area contributed by atoms with Crippen molar-refractivity contribution in [1.29, 1.82) is 0 Å². The van der Waals surface area contributed by atoms with Crippen LogP contribution in [0.25, 0.3) is 0 Å². The molecule has 0 aliphatic carbocycles. The Morgan fingerprint density at radius 1 is 1.33 bits per heavy atom. The van der Waals surface area contributed by atoms with Gasteiger partial charge in [-0.05, 0) is 31.7 Å². The average molecular weight is 287 g/mol. The molecule has 1 heterocycles. The van der Waals surface area contributed by atoms with Gasteiger partial charge in [-0.2, -0.15) is 0 Å². The van der Waals surface area contributed by atoms with E-state index in [0.717, 1.165) is 32.2 Å². The second kappa shape index (κ2) is 7.63. The Bertz CT molecular complexity index is 468. The van der Waals surface area contributed by atoms with E-state index in [-0.39, 0.29) is 12.0 Å². The summed E-state index contributed by atoms with van der Waals surface area (Å²) in [5.74, 6) is 0.505. The fourth-order valence-electron chi connectivity index (χ4n) is 3.44. The molecule has 0 spiro atoms. The van der Waals surface area contributed by atoms with Gasteiger partial charge in [0.05, 0.1) is 6.04 Å². The fraction of sp³-hybridized carbons (Fsp3) is 0.632. The second-order valence-corrected chi connectivity index (χ2v) is 6.50. The molecule has 1 aromatic carbocycles. The van der Waals surface area contributed by atoms with Crippen LogP contribution in [0.1, 0.15) is 69.5 Å². The van der Waals surface area contributed by atoms with Crippen molar-refractivity contribution in [2.45, 2.75) is 65.3 Å². The molecule has 2 heteroatoms. The Morgan fingerprint density at radius 2 is 2.14 bits per heavy atom. The molecule has 116 valence electrons. The molecule has 0 N–H and O–H groups in total. The molecule has 1 aliphatic heterocycles. The maximum absolute atomic E-state index is 12.8. The first-order chi connectivity index (χ1) is 10.1. The van der Waals surface area contributed by atoms with Crippen LogP contribution in [0.15, 0.2) is 24.3 Å². The molecule has 1 aliphatic rings. The minimum Gasteiger partial charge on any atom is -0.335 e. The van der Waals surface area contributed by atoms with Gasteiger partial charge < -0.3 is 4.90 Å². The van der Waals surface area contributed by atoms with Crippen molar-refractivity contribution in [3.8, 4) is 0 Å². The van der Waals surface area contributed by atoms with Gasteiger partial charge in [-0.15, -0.1) is 0 Å². The number of carbonyl (C=O) groups is 1. The van der Waals surface area contributed by atoms with Gasteiger partial charge in [0, 0.05) is 12.5 Å². The van der Waals surface area contributed by atoms with E-state index in [9.17, 15) is 4.79 Å². The monoisotopic (exact) mass is 287 g/mol. The summed E-state index contributed by atoms with van der Waals surface area (Å²) >= 11 is 0. The van der Waals surface area contributed by atoms with E-state index in [1.165, 1.54) is 24.0 Å². The molecule has 2 rings (SSSR count). The zero-order valence-corrected chi connectivity index (χ0v) is 13.8. The summed E-state index contributed by atoms with van der Waals surface area (Å²) in [7, 11) is 0. The first-order valence-electron chi connectivity index (χ1n) is 8.50. The third-order valence-corrected chi connectivity index (χ3v) is 4.61. The zero-order chi connectivity index (χ0) is 15.2. The van der Waals surface area contributed by atoms with E-state index in [2.05, 4.69) is 49.9 Å². The minimum atomic E-state index is 0.153. The largest absolute Gasteiger partial charge is 0.335 e. The van der Waals surface area contributed by atoms with Crippen molar-refractivity contribution < 1.29 is 4.79 Å². The van der Waals surface area contributed by atoms with E-state index in [0.29, 0.717) is 5.91 Å². The summed E-state index contributed by atoms with van der Waals surface area (Å²) in [5, 5.41) is 0. The minimum absolute atomic E-state index is 0.153. The topological polar surface area (TPSA) is 20.3 Å². The highest BCUT2D eigenvalue weighted by Crippen LogP contribution is 2.32. The second-order valence-electron chi connectivity index (χ2n) is 6.50. The quantitative estimate of drug-likeness (QED) is 0.773. The van der Waals surface area contributed by atoms with Crippen LogP contribution in [-0.2, 0) is 4.79 Å². The number of carbonyl (C=O) groups excluding carboxylic acids is 1. The fourth-order valence-corrected chi connectivity index (χ4v) is 3.44. The van der Waals surface area contributed by atoms with Crippen LogP contribution in [-0.4, -0.2) is 17.4 Å². The van der Waals surface area contributed by atoms with Gasteiger partial charge in [0.15, 0.2) is 0 Å². The van der Waals surface area contributed by atoms with Crippen LogP contribution >= 0.6 is 0 Å². The molecule has 1 aromatic rings. The van der Waals surface area contributed by atoms with E-state index in [4.69, 9.17) is 0 Å². The third-order valence-electron chi connectivity index (χ3n) is 4.61. The Kier molecular flexibility index (Phi) is 5.84. The maximum Gasteiger partial charge on any atom is 0.225 e. The summed E-state index contributed by atoms with van der Waals surface area (Å²) in [6, 6.07) is 8.97. The molecule has 1 fully saturated rings. The van der Waals surface area contributed by atoms with E-state index >= 15 is 0 Å². The van der Waals surface area contributed by atoms with E-state index < -0.39 is 0 Å². The number of rotatable bonds is 4. The molecule has 0 radical (unpaired) electrons. The number of nitrogens with zero attached hydrogens (tertiary/aromatic N) is 1. The number of likely N-dealkylation sites (tertiary alicyclic amines) is 1. The normalized spacial score (nSPS) is 20.9. The summed E-state index contributed by atoms with van der Waals surface area (Å²) < 4.78 is 0.